The van der Waals surface area contributed by atoms with Gasteiger partial charge in [0.1, 0.15) is 28.6 Å². The Hall–Kier alpha value is -4.98. The van der Waals surface area contributed by atoms with Crippen molar-refractivity contribution in [1.82, 2.24) is 14.8 Å². The van der Waals surface area contributed by atoms with Crippen LogP contribution in [0.5, 0.6) is 5.75 Å². The predicted molar refractivity (Wildman–Crippen MR) is 199 cm³/mol. The van der Waals surface area contributed by atoms with E-state index in [-0.39, 0.29) is 40.5 Å². The van der Waals surface area contributed by atoms with Gasteiger partial charge in [-0.25, -0.2) is 14.8 Å². The molecule has 0 bridgehead atoms. The van der Waals surface area contributed by atoms with Crippen molar-refractivity contribution < 1.29 is 19.1 Å². The average molecular weight is 682 g/mol. The number of nitriles is 1. The average Bonchev–Trinajstić information content (AvgIpc) is 3.63. The van der Waals surface area contributed by atoms with Gasteiger partial charge in [0.05, 0.1) is 18.4 Å². The number of fused-ring (bicyclic) bond motifs is 1. The zero-order valence-electron chi connectivity index (χ0n) is 31.0. The highest BCUT2D eigenvalue weighted by Crippen LogP contribution is 2.37. The lowest BCUT2D eigenvalue weighted by atomic mass is 9.98. The number of allylic oxidation sites excluding steroid dienone is 1. The number of aromatic nitrogens is 3. The number of rotatable bonds is 15. The topological polar surface area (TPSA) is 135 Å². The number of nitrogens with zero attached hydrogens (tertiary/aromatic N) is 6. The van der Waals surface area contributed by atoms with Gasteiger partial charge < -0.3 is 19.7 Å². The second kappa shape index (κ2) is 16.6. The standard InChI is InChI=1S/C39H51N7O4/c1-10-14-16-26(12-3)37(47)41-27-17-20-32(49-9)29(23-27)34-43-36-33(38(48)50-39(6,7)8)30(24-40)35(46(36)44-34)42-31-19-18-28(22-25(31)5)45(13-4)21-15-11-2/h17-20,22-23,26H,10-16,21H2,1-9H3,(H,41,47)/b42-35+. The Labute approximate surface area is 296 Å². The summed E-state index contributed by atoms with van der Waals surface area (Å²) in [6.07, 6.45) is 5.76. The lowest BCUT2D eigenvalue weighted by molar-refractivity contribution is -0.147. The van der Waals surface area contributed by atoms with E-state index in [0.29, 0.717) is 22.7 Å². The fourth-order valence-electron chi connectivity index (χ4n) is 5.87. The summed E-state index contributed by atoms with van der Waals surface area (Å²) in [6.45, 7) is 17.5. The number of ether oxygens (including phenoxy) is 2. The molecule has 1 amide bonds. The van der Waals surface area contributed by atoms with Crippen LogP contribution in [-0.4, -0.2) is 58.3 Å². The van der Waals surface area contributed by atoms with E-state index in [1.54, 1.807) is 46.1 Å². The van der Waals surface area contributed by atoms with E-state index in [2.05, 4.69) is 43.1 Å². The molecule has 1 aromatic heterocycles. The molecule has 0 aliphatic carbocycles. The van der Waals surface area contributed by atoms with E-state index in [1.807, 2.05) is 26.0 Å². The monoisotopic (exact) mass is 681 g/mol. The lowest BCUT2D eigenvalue weighted by Gasteiger charge is -2.23. The van der Waals surface area contributed by atoms with Gasteiger partial charge in [-0.15, -0.1) is 5.10 Å². The summed E-state index contributed by atoms with van der Waals surface area (Å²) in [7, 11) is 1.54. The van der Waals surface area contributed by atoms with Crippen LogP contribution >= 0.6 is 0 Å². The van der Waals surface area contributed by atoms with Crippen molar-refractivity contribution in [2.45, 2.75) is 99.5 Å². The minimum atomic E-state index is -0.823. The summed E-state index contributed by atoms with van der Waals surface area (Å²) >= 11 is 0. The van der Waals surface area contributed by atoms with Crippen molar-refractivity contribution in [3.8, 4) is 23.2 Å². The summed E-state index contributed by atoms with van der Waals surface area (Å²) in [6, 6.07) is 13.5. The molecular weight excluding hydrogens is 630 g/mol. The third kappa shape index (κ3) is 8.59. The number of hydrogen-bond donors (Lipinski definition) is 1. The molecule has 11 heteroatoms. The van der Waals surface area contributed by atoms with E-state index >= 15 is 0 Å². The first kappa shape index (κ1) is 37.8. The number of carbonyl (C=O) groups is 2. The second-order valence-corrected chi connectivity index (χ2v) is 13.5. The van der Waals surface area contributed by atoms with Gasteiger partial charge >= 0.3 is 5.97 Å². The Morgan fingerprint density at radius 1 is 1.08 bits per heavy atom. The van der Waals surface area contributed by atoms with Crippen LogP contribution in [0.2, 0.25) is 0 Å². The van der Waals surface area contributed by atoms with Crippen molar-refractivity contribution in [3.05, 3.63) is 53.4 Å². The third-order valence-electron chi connectivity index (χ3n) is 8.63. The fourth-order valence-corrected chi connectivity index (χ4v) is 5.87. The van der Waals surface area contributed by atoms with Gasteiger partial charge in [-0.3, -0.25) is 4.79 Å². The van der Waals surface area contributed by atoms with Gasteiger partial charge in [-0.2, -0.15) is 9.94 Å². The SMILES string of the molecule is CCCCC(CC)C(=O)Nc1ccc(OC)c(-c2nc3n(n2)/C(=N/c2ccc(N(CC)CCCC)cc2C)C(C#N)=C3C(=O)OC(C)(C)C)c1. The maximum atomic E-state index is 13.7. The zero-order chi connectivity index (χ0) is 36.6. The Kier molecular flexibility index (Phi) is 12.6. The third-order valence-corrected chi connectivity index (χ3v) is 8.63. The number of carbonyl (C=O) groups excluding carboxylic acids is 2. The first-order valence-electron chi connectivity index (χ1n) is 17.7. The van der Waals surface area contributed by atoms with Crippen molar-refractivity contribution in [3.63, 3.8) is 0 Å². The smallest absolute Gasteiger partial charge is 0.344 e. The number of nitrogens with one attached hydrogen (secondary N) is 1. The first-order valence-corrected chi connectivity index (χ1v) is 17.7. The van der Waals surface area contributed by atoms with E-state index in [0.717, 1.165) is 62.9 Å². The molecule has 0 saturated heterocycles. The maximum absolute atomic E-state index is 13.7. The Morgan fingerprint density at radius 2 is 1.82 bits per heavy atom. The van der Waals surface area contributed by atoms with Crippen molar-refractivity contribution in [1.29, 1.82) is 5.26 Å². The van der Waals surface area contributed by atoms with Gasteiger partial charge in [-0.05, 0) is 95.8 Å². The summed E-state index contributed by atoms with van der Waals surface area (Å²) in [5.41, 5.74) is 2.89. The molecule has 11 nitrogen and oxygen atoms in total. The molecule has 0 saturated carbocycles. The van der Waals surface area contributed by atoms with Crippen LogP contribution < -0.4 is 15.0 Å². The largest absolute Gasteiger partial charge is 0.496 e. The summed E-state index contributed by atoms with van der Waals surface area (Å²) in [5, 5.41) is 18.2. The molecule has 1 atom stereocenters. The molecule has 1 aliphatic rings. The van der Waals surface area contributed by atoms with Gasteiger partial charge in [0.2, 0.25) is 5.91 Å². The van der Waals surface area contributed by atoms with E-state index in [4.69, 9.17) is 24.5 Å². The second-order valence-electron chi connectivity index (χ2n) is 13.5. The van der Waals surface area contributed by atoms with Crippen LogP contribution in [0.25, 0.3) is 17.0 Å². The highest BCUT2D eigenvalue weighted by atomic mass is 16.6. The predicted octanol–water partition coefficient (Wildman–Crippen LogP) is 8.25. The van der Waals surface area contributed by atoms with E-state index in [1.165, 1.54) is 4.68 Å². The molecule has 1 unspecified atom stereocenters. The number of methoxy groups -OCH3 is 1. The molecule has 266 valence electrons. The van der Waals surface area contributed by atoms with Crippen LogP contribution in [-0.2, 0) is 14.3 Å². The maximum Gasteiger partial charge on any atom is 0.344 e. The number of unbranched alkanes of at least 4 members (excludes halogenated alkanes) is 2. The molecule has 4 rings (SSSR count). The number of benzene rings is 2. The molecule has 2 heterocycles. The van der Waals surface area contributed by atoms with Crippen LogP contribution in [0.4, 0.5) is 17.1 Å². The molecule has 2 aromatic carbocycles. The minimum absolute atomic E-state index is 0.0175. The molecule has 0 fully saturated rings. The number of esters is 1. The van der Waals surface area contributed by atoms with Crippen molar-refractivity contribution in [2.75, 3.05) is 30.4 Å². The highest BCUT2D eigenvalue weighted by molar-refractivity contribution is 6.30. The van der Waals surface area contributed by atoms with Crippen LogP contribution in [0.15, 0.2) is 47.0 Å². The summed E-state index contributed by atoms with van der Waals surface area (Å²) in [5.74, 6) is 0.166. The minimum Gasteiger partial charge on any atom is -0.496 e. The number of anilines is 2. The van der Waals surface area contributed by atoms with Gasteiger partial charge in [0, 0.05) is 30.4 Å². The Balaban J connectivity index is 1.83. The summed E-state index contributed by atoms with van der Waals surface area (Å²) < 4.78 is 12.8. The van der Waals surface area contributed by atoms with Crippen LogP contribution in [0, 0.1) is 24.2 Å². The van der Waals surface area contributed by atoms with E-state index < -0.39 is 11.6 Å². The fraction of sp³-hybridized carbons (Fsp3) is 0.487. The molecule has 3 aromatic rings. The Morgan fingerprint density at radius 3 is 2.42 bits per heavy atom. The van der Waals surface area contributed by atoms with Crippen molar-refractivity contribution >= 4 is 40.3 Å². The first-order chi connectivity index (χ1) is 23.9. The van der Waals surface area contributed by atoms with Crippen LogP contribution in [0.3, 0.4) is 0 Å². The number of amides is 1. The molecule has 1 aliphatic heterocycles. The van der Waals surface area contributed by atoms with E-state index in [9.17, 15) is 14.9 Å². The number of aryl methyl sites for hydroxylation is 1. The number of aliphatic imine (C=N–C) groups is 1. The van der Waals surface area contributed by atoms with Crippen LogP contribution in [0.1, 0.15) is 98.4 Å². The summed E-state index contributed by atoms with van der Waals surface area (Å²) in [4.78, 5) is 38.8. The molecule has 0 radical (unpaired) electrons. The quantitative estimate of drug-likeness (QED) is 0.159. The molecule has 0 spiro atoms. The van der Waals surface area contributed by atoms with Gasteiger partial charge in [-0.1, -0.05) is 40.0 Å². The molecule has 50 heavy (non-hydrogen) atoms. The van der Waals surface area contributed by atoms with Crippen molar-refractivity contribution in [2.24, 2.45) is 10.9 Å². The molecular formula is C39H51N7O4. The van der Waals surface area contributed by atoms with Gasteiger partial charge in [0.15, 0.2) is 17.5 Å². The normalized spacial score (nSPS) is 14.0. The Bertz CT molecular complexity index is 1810. The number of hydrogen-bond acceptors (Lipinski definition) is 9. The zero-order valence-corrected chi connectivity index (χ0v) is 31.0. The lowest BCUT2D eigenvalue weighted by Crippen LogP contribution is -2.24. The molecule has 1 N–H and O–H groups in total. The van der Waals surface area contributed by atoms with Gasteiger partial charge in [0.25, 0.3) is 0 Å². The highest BCUT2D eigenvalue weighted by Gasteiger charge is 2.39.